The molecule has 0 saturated carbocycles. The summed E-state index contributed by atoms with van der Waals surface area (Å²) in [6, 6.07) is 5.37. The SMILES string of the molecule is O=C(c1ccccc1O)c1cn[nH]c1C(F)(F)F. The molecule has 0 bridgehead atoms. The first-order valence-electron chi connectivity index (χ1n) is 4.84. The number of ketones is 1. The fraction of sp³-hybridized carbons (Fsp3) is 0.0909. The average molecular weight is 256 g/mol. The van der Waals surface area contributed by atoms with Gasteiger partial charge in [-0.15, -0.1) is 0 Å². The highest BCUT2D eigenvalue weighted by Gasteiger charge is 2.37. The number of benzene rings is 1. The van der Waals surface area contributed by atoms with Crippen LogP contribution in [0.2, 0.25) is 0 Å². The van der Waals surface area contributed by atoms with E-state index in [4.69, 9.17) is 0 Å². The van der Waals surface area contributed by atoms with Crippen LogP contribution in [0, 0.1) is 0 Å². The number of H-pyrrole nitrogens is 1. The molecule has 4 nitrogen and oxygen atoms in total. The molecule has 2 rings (SSSR count). The van der Waals surface area contributed by atoms with Crippen molar-refractivity contribution in [2.24, 2.45) is 0 Å². The van der Waals surface area contributed by atoms with Crippen LogP contribution in [0.15, 0.2) is 30.5 Å². The van der Waals surface area contributed by atoms with E-state index in [2.05, 4.69) is 5.10 Å². The van der Waals surface area contributed by atoms with Crippen LogP contribution in [-0.2, 0) is 6.18 Å². The van der Waals surface area contributed by atoms with Gasteiger partial charge in [0.1, 0.15) is 5.75 Å². The Morgan fingerprint density at radius 1 is 1.22 bits per heavy atom. The number of rotatable bonds is 2. The lowest BCUT2D eigenvalue weighted by Crippen LogP contribution is -2.13. The van der Waals surface area contributed by atoms with Crippen molar-refractivity contribution in [3.8, 4) is 5.75 Å². The number of carbonyl (C=O) groups excluding carboxylic acids is 1. The highest BCUT2D eigenvalue weighted by molar-refractivity contribution is 6.11. The molecule has 1 aromatic heterocycles. The van der Waals surface area contributed by atoms with Gasteiger partial charge in [0.2, 0.25) is 5.78 Å². The highest BCUT2D eigenvalue weighted by Crippen LogP contribution is 2.32. The van der Waals surface area contributed by atoms with Gasteiger partial charge < -0.3 is 5.11 Å². The van der Waals surface area contributed by atoms with Gasteiger partial charge in [0.25, 0.3) is 0 Å². The predicted octanol–water partition coefficient (Wildman–Crippen LogP) is 2.37. The molecule has 0 fully saturated rings. The molecule has 0 spiro atoms. The average Bonchev–Trinajstić information content (AvgIpc) is 2.77. The normalized spacial score (nSPS) is 11.5. The van der Waals surface area contributed by atoms with Crippen molar-refractivity contribution < 1.29 is 23.1 Å². The largest absolute Gasteiger partial charge is 0.507 e. The van der Waals surface area contributed by atoms with E-state index in [1.54, 1.807) is 5.10 Å². The fourth-order valence-electron chi connectivity index (χ4n) is 1.49. The number of phenolic OH excluding ortho intramolecular Hbond substituents is 1. The first-order valence-corrected chi connectivity index (χ1v) is 4.84. The lowest BCUT2D eigenvalue weighted by molar-refractivity contribution is -0.141. The van der Waals surface area contributed by atoms with Gasteiger partial charge in [-0.25, -0.2) is 0 Å². The molecule has 94 valence electrons. The van der Waals surface area contributed by atoms with Crippen LogP contribution >= 0.6 is 0 Å². The Labute approximate surface area is 99.1 Å². The summed E-state index contributed by atoms with van der Waals surface area (Å²) in [5.74, 6) is -1.31. The van der Waals surface area contributed by atoms with Crippen LogP contribution in [0.25, 0.3) is 0 Å². The number of halogens is 3. The summed E-state index contributed by atoms with van der Waals surface area (Å²) in [6.07, 6.45) is -3.91. The molecule has 18 heavy (non-hydrogen) atoms. The van der Waals surface area contributed by atoms with Crippen molar-refractivity contribution in [3.63, 3.8) is 0 Å². The monoisotopic (exact) mass is 256 g/mol. The Bertz CT molecular complexity index is 590. The van der Waals surface area contributed by atoms with E-state index in [-0.39, 0.29) is 11.3 Å². The summed E-state index contributed by atoms with van der Waals surface area (Å²) in [7, 11) is 0. The second kappa shape index (κ2) is 4.17. The predicted molar refractivity (Wildman–Crippen MR) is 55.1 cm³/mol. The molecule has 0 saturated heterocycles. The summed E-state index contributed by atoms with van der Waals surface area (Å²) in [5, 5.41) is 14.4. The van der Waals surface area contributed by atoms with E-state index in [0.717, 1.165) is 6.20 Å². The van der Waals surface area contributed by atoms with Crippen molar-refractivity contribution in [3.05, 3.63) is 47.3 Å². The van der Waals surface area contributed by atoms with E-state index >= 15 is 0 Å². The number of phenols is 1. The Kier molecular flexibility index (Phi) is 2.82. The molecule has 1 heterocycles. The van der Waals surface area contributed by atoms with Crippen LogP contribution in [0.3, 0.4) is 0 Å². The van der Waals surface area contributed by atoms with Crippen LogP contribution in [0.4, 0.5) is 13.2 Å². The summed E-state index contributed by atoms with van der Waals surface area (Å²) in [4.78, 5) is 11.9. The zero-order valence-corrected chi connectivity index (χ0v) is 8.82. The van der Waals surface area contributed by atoms with Crippen LogP contribution in [-0.4, -0.2) is 21.1 Å². The Balaban J connectivity index is 2.48. The lowest BCUT2D eigenvalue weighted by atomic mass is 10.0. The molecule has 7 heteroatoms. The zero-order valence-electron chi connectivity index (χ0n) is 8.82. The molecule has 0 aliphatic rings. The fourth-order valence-corrected chi connectivity index (χ4v) is 1.49. The van der Waals surface area contributed by atoms with E-state index in [1.807, 2.05) is 0 Å². The number of aromatic amines is 1. The second-order valence-corrected chi connectivity index (χ2v) is 3.50. The van der Waals surface area contributed by atoms with Gasteiger partial charge in [-0.3, -0.25) is 9.89 Å². The molecular weight excluding hydrogens is 249 g/mol. The molecule has 0 atom stereocenters. The van der Waals surface area contributed by atoms with Crippen LogP contribution in [0.5, 0.6) is 5.75 Å². The molecule has 1 aromatic carbocycles. The summed E-state index contributed by atoms with van der Waals surface area (Å²) in [6.45, 7) is 0. The van der Waals surface area contributed by atoms with Gasteiger partial charge in [-0.05, 0) is 12.1 Å². The number of aromatic hydroxyl groups is 1. The van der Waals surface area contributed by atoms with Crippen molar-refractivity contribution >= 4 is 5.78 Å². The minimum Gasteiger partial charge on any atom is -0.507 e. The van der Waals surface area contributed by atoms with Gasteiger partial charge in [-0.1, -0.05) is 12.1 Å². The molecule has 2 aromatic rings. The first kappa shape index (κ1) is 12.2. The summed E-state index contributed by atoms with van der Waals surface area (Å²) in [5.41, 5.74) is -2.05. The smallest absolute Gasteiger partial charge is 0.433 e. The standard InChI is InChI=1S/C11H7F3N2O2/c12-11(13,14)10-7(5-15-16-10)9(18)6-3-1-2-4-8(6)17/h1-5,17H,(H,15,16). The minimum atomic E-state index is -4.70. The maximum Gasteiger partial charge on any atom is 0.433 e. The number of para-hydroxylation sites is 1. The van der Waals surface area contributed by atoms with Gasteiger partial charge >= 0.3 is 6.18 Å². The van der Waals surface area contributed by atoms with Gasteiger partial charge in [0.15, 0.2) is 5.69 Å². The van der Waals surface area contributed by atoms with E-state index in [0.29, 0.717) is 0 Å². The summed E-state index contributed by atoms with van der Waals surface area (Å²) >= 11 is 0. The lowest BCUT2D eigenvalue weighted by Gasteiger charge is -2.07. The van der Waals surface area contributed by atoms with Crippen molar-refractivity contribution in [1.82, 2.24) is 10.2 Å². The molecule has 2 N–H and O–H groups in total. The molecule has 0 unspecified atom stereocenters. The quantitative estimate of drug-likeness (QED) is 0.810. The van der Waals surface area contributed by atoms with Gasteiger partial charge in [0.05, 0.1) is 17.3 Å². The van der Waals surface area contributed by atoms with E-state index in [9.17, 15) is 23.1 Å². The number of nitrogens with one attached hydrogen (secondary N) is 1. The van der Waals surface area contributed by atoms with Crippen LogP contribution in [0.1, 0.15) is 21.6 Å². The summed E-state index contributed by atoms with van der Waals surface area (Å²) < 4.78 is 37.7. The van der Waals surface area contributed by atoms with Gasteiger partial charge in [-0.2, -0.15) is 18.3 Å². The van der Waals surface area contributed by atoms with E-state index < -0.39 is 23.2 Å². The second-order valence-electron chi connectivity index (χ2n) is 3.50. The molecular formula is C11H7F3N2O2. The number of hydrogen-bond donors (Lipinski definition) is 2. The van der Waals surface area contributed by atoms with E-state index in [1.165, 1.54) is 24.3 Å². The Morgan fingerprint density at radius 3 is 2.50 bits per heavy atom. The van der Waals surface area contributed by atoms with Gasteiger partial charge in [0, 0.05) is 0 Å². The molecule has 0 radical (unpaired) electrons. The number of alkyl halides is 3. The first-order chi connectivity index (χ1) is 8.41. The zero-order chi connectivity index (χ0) is 13.3. The number of aromatic nitrogens is 2. The molecule has 0 aliphatic heterocycles. The number of nitrogens with zero attached hydrogens (tertiary/aromatic N) is 1. The Morgan fingerprint density at radius 2 is 1.89 bits per heavy atom. The Hall–Kier alpha value is -2.31. The van der Waals surface area contributed by atoms with Crippen molar-refractivity contribution in [2.45, 2.75) is 6.18 Å². The number of hydrogen-bond acceptors (Lipinski definition) is 3. The minimum absolute atomic E-state index is 0.204. The third-order valence-electron chi connectivity index (χ3n) is 2.32. The van der Waals surface area contributed by atoms with Crippen molar-refractivity contribution in [1.29, 1.82) is 0 Å². The molecule has 0 aliphatic carbocycles. The third-order valence-corrected chi connectivity index (χ3v) is 2.32. The number of carbonyl (C=O) groups is 1. The van der Waals surface area contributed by atoms with Crippen molar-refractivity contribution in [2.75, 3.05) is 0 Å². The highest BCUT2D eigenvalue weighted by atomic mass is 19.4. The third kappa shape index (κ3) is 2.06. The maximum atomic E-state index is 12.6. The van der Waals surface area contributed by atoms with Crippen LogP contribution < -0.4 is 0 Å². The molecule has 0 amide bonds. The topological polar surface area (TPSA) is 66.0 Å². The maximum absolute atomic E-state index is 12.6.